The van der Waals surface area contributed by atoms with Gasteiger partial charge in [-0.2, -0.15) is 5.26 Å². The number of halogens is 1. The van der Waals surface area contributed by atoms with E-state index in [0.717, 1.165) is 30.2 Å². The molecule has 0 atom stereocenters. The van der Waals surface area contributed by atoms with Crippen molar-refractivity contribution in [3.8, 4) is 6.07 Å². The van der Waals surface area contributed by atoms with Crippen LogP contribution in [0.15, 0.2) is 36.4 Å². The highest BCUT2D eigenvalue weighted by Gasteiger charge is 2.20. The van der Waals surface area contributed by atoms with E-state index in [0.29, 0.717) is 6.42 Å². The van der Waals surface area contributed by atoms with E-state index in [-0.39, 0.29) is 6.67 Å². The van der Waals surface area contributed by atoms with Gasteiger partial charge in [0.25, 0.3) is 0 Å². The molecule has 1 aromatic rings. The molecule has 1 nitrogen and oxygen atoms in total. The predicted molar refractivity (Wildman–Crippen MR) is 98.5 cm³/mol. The predicted octanol–water partition coefficient (Wildman–Crippen LogP) is 6.38. The summed E-state index contributed by atoms with van der Waals surface area (Å²) in [5, 5.41) is 8.83. The second-order valence-electron chi connectivity index (χ2n) is 7.11. The van der Waals surface area contributed by atoms with Crippen LogP contribution in [0.1, 0.15) is 68.9 Å². The maximum atomic E-state index is 12.0. The molecule has 0 spiro atoms. The summed E-state index contributed by atoms with van der Waals surface area (Å²) in [6.07, 6.45) is 16.3. The van der Waals surface area contributed by atoms with Gasteiger partial charge in [0, 0.05) is 0 Å². The molecule has 130 valence electrons. The molecule has 0 bridgehead atoms. The summed E-state index contributed by atoms with van der Waals surface area (Å²) in [4.78, 5) is 0. The second-order valence-corrected chi connectivity index (χ2v) is 7.11. The third kappa shape index (κ3) is 6.87. The molecule has 0 heterocycles. The second kappa shape index (κ2) is 11.0. The van der Waals surface area contributed by atoms with Gasteiger partial charge in [0.05, 0.1) is 18.3 Å². The lowest BCUT2D eigenvalue weighted by Crippen LogP contribution is -2.15. The fraction of sp³-hybridized carbons (Fsp3) is 0.591. The van der Waals surface area contributed by atoms with Crippen LogP contribution in [-0.4, -0.2) is 6.67 Å². The summed E-state index contributed by atoms with van der Waals surface area (Å²) < 4.78 is 12.0. The van der Waals surface area contributed by atoms with E-state index >= 15 is 0 Å². The molecule has 1 fully saturated rings. The smallest absolute Gasteiger partial charge is 0.0991 e. The van der Waals surface area contributed by atoms with Crippen LogP contribution >= 0.6 is 0 Å². The zero-order chi connectivity index (χ0) is 17.0. The molecule has 1 aromatic carbocycles. The highest BCUT2D eigenvalue weighted by atomic mass is 19.1. The van der Waals surface area contributed by atoms with Crippen molar-refractivity contribution in [1.82, 2.24) is 0 Å². The molecule has 0 aliphatic heterocycles. The zero-order valence-corrected chi connectivity index (χ0v) is 14.7. The minimum Gasteiger partial charge on any atom is -0.251 e. The van der Waals surface area contributed by atoms with E-state index in [4.69, 9.17) is 5.26 Å². The molecule has 0 N–H and O–H groups in total. The Hall–Kier alpha value is -1.62. The first kappa shape index (κ1) is 18.7. The van der Waals surface area contributed by atoms with Crippen molar-refractivity contribution in [3.63, 3.8) is 0 Å². The van der Waals surface area contributed by atoms with Gasteiger partial charge in [0.1, 0.15) is 0 Å². The lowest BCUT2D eigenvalue weighted by Gasteiger charge is -2.28. The average molecular weight is 327 g/mol. The summed E-state index contributed by atoms with van der Waals surface area (Å²) in [5.41, 5.74) is 2.11. The highest BCUT2D eigenvalue weighted by Crippen LogP contribution is 2.34. The summed E-state index contributed by atoms with van der Waals surface area (Å²) in [7, 11) is 0. The summed E-state index contributed by atoms with van der Waals surface area (Å²) in [6.45, 7) is -0.233. The van der Waals surface area contributed by atoms with Crippen LogP contribution in [0.2, 0.25) is 0 Å². The van der Waals surface area contributed by atoms with Crippen molar-refractivity contribution >= 4 is 0 Å². The Morgan fingerprint density at radius 2 is 1.58 bits per heavy atom. The zero-order valence-electron chi connectivity index (χ0n) is 14.7. The third-order valence-electron chi connectivity index (χ3n) is 5.32. The van der Waals surface area contributed by atoms with Crippen molar-refractivity contribution in [1.29, 1.82) is 5.26 Å². The van der Waals surface area contributed by atoms with Crippen LogP contribution < -0.4 is 0 Å². The summed E-state index contributed by atoms with van der Waals surface area (Å²) in [6, 6.07) is 10.2. The molecule has 2 rings (SSSR count). The first-order valence-corrected chi connectivity index (χ1v) is 9.52. The number of rotatable bonds is 9. The number of alkyl halides is 1. The van der Waals surface area contributed by atoms with Gasteiger partial charge in [-0.1, -0.05) is 56.4 Å². The maximum absolute atomic E-state index is 12.0. The first-order valence-electron chi connectivity index (χ1n) is 9.52. The number of nitrogens with zero attached hydrogens (tertiary/aromatic N) is 1. The van der Waals surface area contributed by atoms with Gasteiger partial charge in [0.2, 0.25) is 0 Å². The fourth-order valence-corrected chi connectivity index (χ4v) is 3.75. The number of benzene rings is 1. The van der Waals surface area contributed by atoms with Crippen molar-refractivity contribution in [2.75, 3.05) is 6.67 Å². The number of allylic oxidation sites excluding steroid dienone is 2. The van der Waals surface area contributed by atoms with Crippen LogP contribution in [0.4, 0.5) is 4.39 Å². The molecule has 1 saturated carbocycles. The first-order chi connectivity index (χ1) is 11.8. The minimum absolute atomic E-state index is 0.233. The van der Waals surface area contributed by atoms with Gasteiger partial charge < -0.3 is 0 Å². The number of unbranched alkanes of at least 4 members (excludes halogenated alkanes) is 1. The van der Waals surface area contributed by atoms with Crippen LogP contribution in [0.25, 0.3) is 0 Å². The van der Waals surface area contributed by atoms with Crippen LogP contribution in [0.3, 0.4) is 0 Å². The van der Waals surface area contributed by atoms with Crippen LogP contribution in [-0.2, 0) is 6.42 Å². The van der Waals surface area contributed by atoms with E-state index in [1.807, 2.05) is 18.2 Å². The average Bonchev–Trinajstić information content (AvgIpc) is 2.64. The molecule has 24 heavy (non-hydrogen) atoms. The molecule has 0 amide bonds. The van der Waals surface area contributed by atoms with E-state index in [2.05, 4.69) is 24.3 Å². The van der Waals surface area contributed by atoms with Gasteiger partial charge in [-0.25, -0.2) is 0 Å². The molecule has 2 heteroatoms. The SMILES string of the molecule is N#Cc1ccc(CC[C@H]2CC[C@H](CCCC=CCCF)CC2)cc1. The Morgan fingerprint density at radius 1 is 0.958 bits per heavy atom. The topological polar surface area (TPSA) is 23.8 Å². The standard InChI is InChI=1S/C22H30FN/c23-17-5-3-1-2-4-6-19-7-9-20(10-8-19)11-12-21-13-15-22(18-24)16-14-21/h1,3,13-16,19-20H,2,4-12,17H2/t19-,20-. The van der Waals surface area contributed by atoms with E-state index in [1.54, 1.807) is 0 Å². The molecule has 0 aromatic heterocycles. The summed E-state index contributed by atoms with van der Waals surface area (Å²) in [5.74, 6) is 1.78. The Labute approximate surface area is 146 Å². The van der Waals surface area contributed by atoms with Crippen LogP contribution in [0, 0.1) is 23.2 Å². The molecule has 1 aliphatic rings. The van der Waals surface area contributed by atoms with E-state index in [9.17, 15) is 4.39 Å². The van der Waals surface area contributed by atoms with Crippen molar-refractivity contribution in [3.05, 3.63) is 47.5 Å². The van der Waals surface area contributed by atoms with Gasteiger partial charge in [-0.05, 0) is 61.6 Å². The number of hydrogen-bond donors (Lipinski definition) is 0. The van der Waals surface area contributed by atoms with Gasteiger partial charge >= 0.3 is 0 Å². The fourth-order valence-electron chi connectivity index (χ4n) is 3.75. The largest absolute Gasteiger partial charge is 0.251 e. The van der Waals surface area contributed by atoms with E-state index < -0.39 is 0 Å². The Morgan fingerprint density at radius 3 is 2.21 bits per heavy atom. The Kier molecular flexibility index (Phi) is 8.60. The van der Waals surface area contributed by atoms with Gasteiger partial charge in [-0.3, -0.25) is 4.39 Å². The molecule has 0 unspecified atom stereocenters. The lowest BCUT2D eigenvalue weighted by molar-refractivity contribution is 0.250. The Bertz CT molecular complexity index is 518. The maximum Gasteiger partial charge on any atom is 0.0991 e. The quantitative estimate of drug-likeness (QED) is 0.381. The number of hydrogen-bond acceptors (Lipinski definition) is 1. The van der Waals surface area contributed by atoms with Crippen molar-refractivity contribution < 1.29 is 4.39 Å². The monoisotopic (exact) mass is 327 g/mol. The molecule has 0 saturated heterocycles. The van der Waals surface area contributed by atoms with Crippen LogP contribution in [0.5, 0.6) is 0 Å². The summed E-state index contributed by atoms with van der Waals surface area (Å²) >= 11 is 0. The molecule has 1 aliphatic carbocycles. The normalized spacial score (nSPS) is 21.0. The van der Waals surface area contributed by atoms with Gasteiger partial charge in [-0.15, -0.1) is 0 Å². The Balaban J connectivity index is 1.58. The van der Waals surface area contributed by atoms with E-state index in [1.165, 1.54) is 50.5 Å². The number of nitriles is 1. The van der Waals surface area contributed by atoms with Crippen molar-refractivity contribution in [2.45, 2.75) is 64.2 Å². The minimum atomic E-state index is -0.233. The van der Waals surface area contributed by atoms with Crippen molar-refractivity contribution in [2.24, 2.45) is 11.8 Å². The molecular weight excluding hydrogens is 297 g/mol. The lowest BCUT2D eigenvalue weighted by atomic mass is 9.78. The molecular formula is C22H30FN. The molecule has 0 radical (unpaired) electrons. The third-order valence-corrected chi connectivity index (χ3v) is 5.32. The highest BCUT2D eigenvalue weighted by molar-refractivity contribution is 5.31. The van der Waals surface area contributed by atoms with Gasteiger partial charge in [0.15, 0.2) is 0 Å². The number of aryl methyl sites for hydroxylation is 1.